The van der Waals surface area contributed by atoms with Crippen LogP contribution in [0.4, 0.5) is 5.69 Å². The molecule has 4 heteroatoms. The Labute approximate surface area is 115 Å². The van der Waals surface area contributed by atoms with Crippen LogP contribution in [0.3, 0.4) is 0 Å². The highest BCUT2D eigenvalue weighted by Gasteiger charge is 2.23. The molecule has 1 unspecified atom stereocenters. The average molecular weight is 264 g/mol. The predicted molar refractivity (Wildman–Crippen MR) is 78.0 cm³/mol. The van der Waals surface area contributed by atoms with Gasteiger partial charge in [-0.3, -0.25) is 4.79 Å². The molecule has 1 aromatic carbocycles. The van der Waals surface area contributed by atoms with Crippen molar-refractivity contribution < 1.29 is 9.90 Å². The van der Waals surface area contributed by atoms with Crippen molar-refractivity contribution in [3.05, 3.63) is 29.3 Å². The summed E-state index contributed by atoms with van der Waals surface area (Å²) >= 11 is 0. The summed E-state index contributed by atoms with van der Waals surface area (Å²) in [6, 6.07) is 5.36. The molecule has 0 fully saturated rings. The molecule has 0 aliphatic carbocycles. The van der Waals surface area contributed by atoms with Crippen molar-refractivity contribution in [2.24, 2.45) is 5.92 Å². The molecule has 0 saturated carbocycles. The molecule has 0 aliphatic heterocycles. The molecule has 1 rings (SSSR count). The number of hydrogen-bond donors (Lipinski definition) is 3. The summed E-state index contributed by atoms with van der Waals surface area (Å²) in [7, 11) is 0. The van der Waals surface area contributed by atoms with Crippen LogP contribution in [-0.4, -0.2) is 23.2 Å². The first-order chi connectivity index (χ1) is 8.73. The number of hydrogen-bond acceptors (Lipinski definition) is 3. The van der Waals surface area contributed by atoms with Crippen molar-refractivity contribution in [1.29, 1.82) is 0 Å². The minimum absolute atomic E-state index is 0.220. The molecule has 0 saturated heterocycles. The van der Waals surface area contributed by atoms with Crippen LogP contribution in [0, 0.1) is 12.8 Å². The van der Waals surface area contributed by atoms with Gasteiger partial charge in [0.25, 0.3) is 5.91 Å². The second kappa shape index (κ2) is 6.06. The Morgan fingerprint density at radius 1 is 1.47 bits per heavy atom. The van der Waals surface area contributed by atoms with Gasteiger partial charge in [-0.2, -0.15) is 0 Å². The maximum Gasteiger partial charge on any atom is 0.253 e. The van der Waals surface area contributed by atoms with Gasteiger partial charge in [0.15, 0.2) is 0 Å². The van der Waals surface area contributed by atoms with E-state index in [2.05, 4.69) is 5.32 Å². The monoisotopic (exact) mass is 264 g/mol. The third-order valence-corrected chi connectivity index (χ3v) is 3.01. The van der Waals surface area contributed by atoms with Crippen molar-refractivity contribution >= 4 is 11.6 Å². The van der Waals surface area contributed by atoms with Crippen molar-refractivity contribution in [2.45, 2.75) is 39.7 Å². The van der Waals surface area contributed by atoms with Crippen molar-refractivity contribution in [3.8, 4) is 0 Å². The van der Waals surface area contributed by atoms with E-state index in [0.29, 0.717) is 23.6 Å². The fourth-order valence-electron chi connectivity index (χ4n) is 2.31. The van der Waals surface area contributed by atoms with E-state index in [4.69, 9.17) is 5.73 Å². The lowest BCUT2D eigenvalue weighted by Crippen LogP contribution is -2.41. The summed E-state index contributed by atoms with van der Waals surface area (Å²) in [5.41, 5.74) is 6.70. The second-order valence-electron chi connectivity index (χ2n) is 5.82. The summed E-state index contributed by atoms with van der Waals surface area (Å²) in [4.78, 5) is 12.1. The quantitative estimate of drug-likeness (QED) is 0.713. The Bertz CT molecular complexity index is 433. The van der Waals surface area contributed by atoms with E-state index in [0.717, 1.165) is 5.56 Å². The fraction of sp³-hybridized carbons (Fsp3) is 0.533. The molecular formula is C15H24N2O2. The summed E-state index contributed by atoms with van der Waals surface area (Å²) in [6.07, 6.45) is 0.635. The maximum atomic E-state index is 12.1. The second-order valence-corrected chi connectivity index (χ2v) is 5.82. The third kappa shape index (κ3) is 4.56. The van der Waals surface area contributed by atoms with Crippen LogP contribution in [0.1, 0.15) is 43.1 Å². The molecule has 1 amide bonds. The van der Waals surface area contributed by atoms with Gasteiger partial charge in [-0.05, 0) is 37.8 Å². The minimum atomic E-state index is -0.902. The van der Waals surface area contributed by atoms with E-state index >= 15 is 0 Å². The predicted octanol–water partition coefficient (Wildman–Crippen LogP) is 2.10. The first kappa shape index (κ1) is 15.5. The molecule has 19 heavy (non-hydrogen) atoms. The van der Waals surface area contributed by atoms with Crippen LogP contribution in [0.2, 0.25) is 0 Å². The number of carbonyl (C=O) groups excluding carboxylic acids is 1. The lowest BCUT2D eigenvalue weighted by atomic mass is 9.94. The Hall–Kier alpha value is -1.55. The zero-order valence-corrected chi connectivity index (χ0v) is 12.2. The van der Waals surface area contributed by atoms with Crippen molar-refractivity contribution in [3.63, 3.8) is 0 Å². The molecule has 0 spiro atoms. The van der Waals surface area contributed by atoms with Gasteiger partial charge >= 0.3 is 0 Å². The minimum Gasteiger partial charge on any atom is -0.398 e. The van der Waals surface area contributed by atoms with Gasteiger partial charge in [-0.25, -0.2) is 0 Å². The normalized spacial score (nSPS) is 14.2. The van der Waals surface area contributed by atoms with E-state index in [-0.39, 0.29) is 12.5 Å². The van der Waals surface area contributed by atoms with Crippen LogP contribution >= 0.6 is 0 Å². The molecular weight excluding hydrogens is 240 g/mol. The van der Waals surface area contributed by atoms with Crippen LogP contribution in [0.25, 0.3) is 0 Å². The first-order valence-electron chi connectivity index (χ1n) is 6.58. The number of benzene rings is 1. The highest BCUT2D eigenvalue weighted by molar-refractivity contribution is 6.00. The van der Waals surface area contributed by atoms with Crippen LogP contribution < -0.4 is 11.1 Å². The summed E-state index contributed by atoms with van der Waals surface area (Å²) in [6.45, 7) is 7.87. The molecule has 0 aromatic heterocycles. The number of aryl methyl sites for hydroxylation is 1. The van der Waals surface area contributed by atoms with Gasteiger partial charge in [-0.15, -0.1) is 0 Å². The van der Waals surface area contributed by atoms with E-state index in [9.17, 15) is 9.90 Å². The number of nitrogens with two attached hydrogens (primary N) is 1. The van der Waals surface area contributed by atoms with E-state index < -0.39 is 5.60 Å². The standard InChI is InChI=1S/C15H24N2O2/c1-10(2)8-15(4,19)9-17-14(18)13-11(3)6-5-7-12(13)16/h5-7,10,19H,8-9,16H2,1-4H3,(H,17,18). The molecule has 1 atom stereocenters. The van der Waals surface area contributed by atoms with Gasteiger partial charge in [-0.1, -0.05) is 26.0 Å². The number of nitrogen functional groups attached to an aromatic ring is 1. The van der Waals surface area contributed by atoms with Crippen LogP contribution in [0.5, 0.6) is 0 Å². The molecule has 0 bridgehead atoms. The summed E-state index contributed by atoms with van der Waals surface area (Å²) < 4.78 is 0. The molecule has 4 nitrogen and oxygen atoms in total. The van der Waals surface area contributed by atoms with E-state index in [1.165, 1.54) is 0 Å². The largest absolute Gasteiger partial charge is 0.398 e. The van der Waals surface area contributed by atoms with Crippen LogP contribution in [0.15, 0.2) is 18.2 Å². The van der Waals surface area contributed by atoms with Gasteiger partial charge in [0.05, 0.1) is 11.2 Å². The number of carbonyl (C=O) groups is 1. The number of nitrogens with one attached hydrogen (secondary N) is 1. The zero-order valence-electron chi connectivity index (χ0n) is 12.2. The summed E-state index contributed by atoms with van der Waals surface area (Å²) in [5, 5.41) is 12.9. The molecule has 0 aliphatic rings. The maximum absolute atomic E-state index is 12.1. The molecule has 106 valence electrons. The number of rotatable bonds is 5. The first-order valence-corrected chi connectivity index (χ1v) is 6.58. The Balaban J connectivity index is 2.71. The highest BCUT2D eigenvalue weighted by Crippen LogP contribution is 2.18. The smallest absolute Gasteiger partial charge is 0.253 e. The SMILES string of the molecule is Cc1cccc(N)c1C(=O)NCC(C)(O)CC(C)C. The molecule has 1 aromatic rings. The fourth-order valence-corrected chi connectivity index (χ4v) is 2.31. The van der Waals surface area contributed by atoms with E-state index in [1.54, 1.807) is 13.0 Å². The van der Waals surface area contributed by atoms with Crippen LogP contribution in [-0.2, 0) is 0 Å². The zero-order chi connectivity index (χ0) is 14.6. The molecule has 4 N–H and O–H groups in total. The highest BCUT2D eigenvalue weighted by atomic mass is 16.3. The Morgan fingerprint density at radius 2 is 2.11 bits per heavy atom. The van der Waals surface area contributed by atoms with Gasteiger partial charge in [0.2, 0.25) is 0 Å². The number of aliphatic hydroxyl groups is 1. The molecule has 0 radical (unpaired) electrons. The topological polar surface area (TPSA) is 75.4 Å². The third-order valence-electron chi connectivity index (χ3n) is 3.01. The average Bonchev–Trinajstić information content (AvgIpc) is 2.24. The number of anilines is 1. The Kier molecular flexibility index (Phi) is 4.95. The lowest BCUT2D eigenvalue weighted by molar-refractivity contribution is 0.0368. The molecule has 0 heterocycles. The Morgan fingerprint density at radius 3 is 2.63 bits per heavy atom. The van der Waals surface area contributed by atoms with Crippen molar-refractivity contribution in [1.82, 2.24) is 5.32 Å². The van der Waals surface area contributed by atoms with Gasteiger partial charge in [0, 0.05) is 12.2 Å². The lowest BCUT2D eigenvalue weighted by Gasteiger charge is -2.25. The van der Waals surface area contributed by atoms with E-state index in [1.807, 2.05) is 32.9 Å². The van der Waals surface area contributed by atoms with Gasteiger partial charge in [0.1, 0.15) is 0 Å². The number of amides is 1. The van der Waals surface area contributed by atoms with Crippen molar-refractivity contribution in [2.75, 3.05) is 12.3 Å². The summed E-state index contributed by atoms with van der Waals surface area (Å²) in [5.74, 6) is 0.134. The van der Waals surface area contributed by atoms with Gasteiger partial charge < -0.3 is 16.2 Å².